The molecule has 0 aliphatic carbocycles. The SMILES string of the molecule is CC/C=C\C/C=C\C/C=C\C/C=C\C/C=C\C/C=C\CCCCCCC(=O)OC1C(OCC(NC(=O)C(O)CCCCCC/C=C\C/C=C\C/C=C\C/C=C\CCCCC)C(O)/C=C/CCCCCCCCCCC)OC(CO)C(O)C1O. The molecule has 0 aromatic heterocycles. The first-order valence-corrected chi connectivity index (χ1v) is 33.0. The first-order valence-electron chi connectivity index (χ1n) is 33.0. The van der Waals surface area contributed by atoms with Gasteiger partial charge in [0.05, 0.1) is 25.4 Å². The fourth-order valence-corrected chi connectivity index (χ4v) is 9.34. The van der Waals surface area contributed by atoms with Gasteiger partial charge in [-0.2, -0.15) is 0 Å². The van der Waals surface area contributed by atoms with Crippen LogP contribution in [0.3, 0.4) is 0 Å². The molecule has 0 aromatic rings. The number of allylic oxidation sites excluding steroid dienone is 21. The van der Waals surface area contributed by atoms with E-state index in [2.05, 4.69) is 148 Å². The summed E-state index contributed by atoms with van der Waals surface area (Å²) in [7, 11) is 0. The minimum Gasteiger partial charge on any atom is -0.454 e. The third kappa shape index (κ3) is 45.8. The van der Waals surface area contributed by atoms with Gasteiger partial charge in [0.15, 0.2) is 12.4 Å². The maximum Gasteiger partial charge on any atom is 0.306 e. The highest BCUT2D eigenvalue weighted by molar-refractivity contribution is 5.80. The van der Waals surface area contributed by atoms with Crippen LogP contribution in [0.5, 0.6) is 0 Å². The van der Waals surface area contributed by atoms with E-state index in [9.17, 15) is 35.1 Å². The third-order valence-electron chi connectivity index (χ3n) is 14.5. The van der Waals surface area contributed by atoms with Crippen molar-refractivity contribution in [2.24, 2.45) is 0 Å². The van der Waals surface area contributed by atoms with Crippen molar-refractivity contribution >= 4 is 11.9 Å². The molecule has 0 spiro atoms. The number of aliphatic hydroxyl groups excluding tert-OH is 5. The highest BCUT2D eigenvalue weighted by Crippen LogP contribution is 2.26. The maximum atomic E-state index is 13.4. The van der Waals surface area contributed by atoms with Crippen LogP contribution in [0.4, 0.5) is 0 Å². The second-order valence-corrected chi connectivity index (χ2v) is 22.1. The molecule has 1 fully saturated rings. The first kappa shape index (κ1) is 76.8. The van der Waals surface area contributed by atoms with E-state index < -0.39 is 67.4 Å². The molecule has 11 heteroatoms. The van der Waals surface area contributed by atoms with Gasteiger partial charge in [0.25, 0.3) is 0 Å². The van der Waals surface area contributed by atoms with Crippen molar-refractivity contribution in [3.05, 3.63) is 134 Å². The van der Waals surface area contributed by atoms with Crippen molar-refractivity contribution < 1.29 is 49.3 Å². The zero-order valence-corrected chi connectivity index (χ0v) is 52.3. The molecule has 1 saturated heterocycles. The number of aliphatic hydroxyl groups is 5. The number of carbonyl (C=O) groups is 2. The van der Waals surface area contributed by atoms with E-state index in [0.29, 0.717) is 12.8 Å². The molecular weight excluding hydrogens is 1040 g/mol. The van der Waals surface area contributed by atoms with Gasteiger partial charge in [-0.3, -0.25) is 9.59 Å². The minimum absolute atomic E-state index is 0.0831. The Bertz CT molecular complexity index is 1860. The average molecular weight is 1160 g/mol. The second kappa shape index (κ2) is 58.2. The molecule has 1 rings (SSSR count). The molecule has 0 saturated carbocycles. The normalized spacial score (nSPS) is 19.4. The van der Waals surface area contributed by atoms with Crippen LogP contribution in [0.25, 0.3) is 0 Å². The predicted molar refractivity (Wildman–Crippen MR) is 347 cm³/mol. The predicted octanol–water partition coefficient (Wildman–Crippen LogP) is 16.4. The van der Waals surface area contributed by atoms with Gasteiger partial charge in [-0.25, -0.2) is 0 Å². The van der Waals surface area contributed by atoms with Crippen LogP contribution in [0.15, 0.2) is 134 Å². The highest BCUT2D eigenvalue weighted by atomic mass is 16.7. The zero-order chi connectivity index (χ0) is 60.3. The van der Waals surface area contributed by atoms with Crippen LogP contribution in [-0.4, -0.2) is 99.6 Å². The largest absolute Gasteiger partial charge is 0.454 e. The van der Waals surface area contributed by atoms with Gasteiger partial charge in [-0.1, -0.05) is 251 Å². The van der Waals surface area contributed by atoms with Crippen molar-refractivity contribution in [1.82, 2.24) is 5.32 Å². The van der Waals surface area contributed by atoms with E-state index in [-0.39, 0.29) is 19.4 Å². The number of amides is 1. The summed E-state index contributed by atoms with van der Waals surface area (Å²) < 4.78 is 17.6. The fourth-order valence-electron chi connectivity index (χ4n) is 9.34. The van der Waals surface area contributed by atoms with Gasteiger partial charge in [0, 0.05) is 6.42 Å². The van der Waals surface area contributed by atoms with Gasteiger partial charge in [-0.15, -0.1) is 0 Å². The number of esters is 1. The summed E-state index contributed by atoms with van der Waals surface area (Å²) >= 11 is 0. The lowest BCUT2D eigenvalue weighted by Gasteiger charge is -2.41. The van der Waals surface area contributed by atoms with Gasteiger partial charge < -0.3 is 45.1 Å². The Kier molecular flexibility index (Phi) is 53.9. The van der Waals surface area contributed by atoms with Crippen molar-refractivity contribution in [3.8, 4) is 0 Å². The Labute approximate surface area is 505 Å². The number of rotatable bonds is 54. The van der Waals surface area contributed by atoms with Crippen LogP contribution >= 0.6 is 0 Å². The summed E-state index contributed by atoms with van der Waals surface area (Å²) in [4.78, 5) is 26.6. The van der Waals surface area contributed by atoms with Crippen molar-refractivity contribution in [3.63, 3.8) is 0 Å². The van der Waals surface area contributed by atoms with Crippen LogP contribution in [0.1, 0.15) is 245 Å². The molecule has 11 nitrogen and oxygen atoms in total. The third-order valence-corrected chi connectivity index (χ3v) is 14.5. The van der Waals surface area contributed by atoms with E-state index >= 15 is 0 Å². The number of hydrogen-bond acceptors (Lipinski definition) is 10. The molecular formula is C72H119NO10. The van der Waals surface area contributed by atoms with Gasteiger partial charge in [0.1, 0.15) is 24.4 Å². The number of ether oxygens (including phenoxy) is 3. The lowest BCUT2D eigenvalue weighted by Crippen LogP contribution is -2.61. The Morgan fingerprint density at radius 3 is 1.33 bits per heavy atom. The Morgan fingerprint density at radius 1 is 0.482 bits per heavy atom. The fraction of sp³-hybridized carbons (Fsp3) is 0.667. The monoisotopic (exact) mass is 1160 g/mol. The van der Waals surface area contributed by atoms with E-state index in [1.807, 2.05) is 6.08 Å². The van der Waals surface area contributed by atoms with Crippen LogP contribution in [0.2, 0.25) is 0 Å². The van der Waals surface area contributed by atoms with Crippen LogP contribution < -0.4 is 5.32 Å². The van der Waals surface area contributed by atoms with Crippen LogP contribution in [0, 0.1) is 0 Å². The summed E-state index contributed by atoms with van der Waals surface area (Å²) in [6.07, 6.45) is 71.9. The van der Waals surface area contributed by atoms with E-state index in [1.165, 1.54) is 64.2 Å². The summed E-state index contributed by atoms with van der Waals surface area (Å²) in [6, 6.07) is -1.05. The molecule has 6 N–H and O–H groups in total. The van der Waals surface area contributed by atoms with E-state index in [1.54, 1.807) is 6.08 Å². The molecule has 0 bridgehead atoms. The lowest BCUT2D eigenvalue weighted by atomic mass is 9.99. The number of carbonyl (C=O) groups excluding carboxylic acids is 2. The Morgan fingerprint density at radius 2 is 0.867 bits per heavy atom. The van der Waals surface area contributed by atoms with E-state index in [0.717, 1.165) is 135 Å². The molecule has 472 valence electrons. The molecule has 1 amide bonds. The van der Waals surface area contributed by atoms with Gasteiger partial charge >= 0.3 is 5.97 Å². The maximum absolute atomic E-state index is 13.4. The van der Waals surface area contributed by atoms with Gasteiger partial charge in [0.2, 0.25) is 5.91 Å². The minimum atomic E-state index is -1.64. The van der Waals surface area contributed by atoms with Crippen molar-refractivity contribution in [2.45, 2.75) is 294 Å². The average Bonchev–Trinajstić information content (AvgIpc) is 3.68. The number of nitrogens with one attached hydrogen (secondary N) is 1. The topological polar surface area (TPSA) is 175 Å². The van der Waals surface area contributed by atoms with Crippen LogP contribution in [-0.2, 0) is 23.8 Å². The molecule has 1 aliphatic rings. The molecule has 0 aromatic carbocycles. The molecule has 8 unspecified atom stereocenters. The lowest BCUT2D eigenvalue weighted by molar-refractivity contribution is -0.305. The molecule has 1 heterocycles. The standard InChI is InChI=1S/C72H119NO10/c1-4-7-10-13-16-19-22-24-26-28-30-32-33-34-36-38-40-42-45-48-51-54-57-60-67(77)83-70-69(79)68(78)66(61-74)82-72(70)81-62-63(64(75)58-55-52-49-46-43-21-18-15-12-9-6-3)73-71(80)65(76)59-56-53-50-47-44-41-39-37-35-31-29-27-25-23-20-17-14-11-8-5-2/h7,10,16-17,19-20,24-27,30-32,34-36,39-42,55,58,63-66,68-70,72,74-76,78-79H,4-6,8-9,11-15,18,21-23,28-29,33,37-38,43-54,56-57,59-62H2,1-3H3,(H,73,80)/b10-7-,19-16-,20-17-,26-24-,27-25-,32-30-,35-31-,36-34-,41-39-,42-40-,58-55+. The number of unbranched alkanes of at least 4 members (excludes halogenated alkanes) is 20. The summed E-state index contributed by atoms with van der Waals surface area (Å²) in [6.45, 7) is 5.61. The quantitative estimate of drug-likeness (QED) is 0.0195. The van der Waals surface area contributed by atoms with E-state index in [4.69, 9.17) is 14.2 Å². The highest BCUT2D eigenvalue weighted by Gasteiger charge is 2.47. The molecule has 0 radical (unpaired) electrons. The second-order valence-electron chi connectivity index (χ2n) is 22.1. The summed E-state index contributed by atoms with van der Waals surface area (Å²) in [5.41, 5.74) is 0. The number of hydrogen-bond donors (Lipinski definition) is 6. The summed E-state index contributed by atoms with van der Waals surface area (Å²) in [5.74, 6) is -1.25. The van der Waals surface area contributed by atoms with Crippen molar-refractivity contribution in [1.29, 1.82) is 0 Å². The smallest absolute Gasteiger partial charge is 0.306 e. The Hall–Kier alpha value is -4.20. The van der Waals surface area contributed by atoms with Crippen molar-refractivity contribution in [2.75, 3.05) is 13.2 Å². The summed E-state index contributed by atoms with van der Waals surface area (Å²) in [5, 5.41) is 57.1. The molecule has 1 aliphatic heterocycles. The zero-order valence-electron chi connectivity index (χ0n) is 52.3. The Balaban J connectivity index is 2.67. The first-order chi connectivity index (χ1) is 40.7. The van der Waals surface area contributed by atoms with Gasteiger partial charge in [-0.05, 0) is 122 Å². The molecule has 8 atom stereocenters. The molecule has 83 heavy (non-hydrogen) atoms.